The van der Waals surface area contributed by atoms with E-state index in [2.05, 4.69) is 25.4 Å². The van der Waals surface area contributed by atoms with E-state index in [-0.39, 0.29) is 17.5 Å². The van der Waals surface area contributed by atoms with Crippen molar-refractivity contribution in [3.63, 3.8) is 0 Å². The minimum absolute atomic E-state index is 0.0232. The average Bonchev–Trinajstić information content (AvgIpc) is 3.15. The lowest BCUT2D eigenvalue weighted by Gasteiger charge is -2.31. The minimum atomic E-state index is -0.325. The summed E-state index contributed by atoms with van der Waals surface area (Å²) in [4.78, 5) is 28.7. The molecule has 1 aromatic carbocycles. The summed E-state index contributed by atoms with van der Waals surface area (Å²) in [7, 11) is 0. The molecule has 0 spiro atoms. The Morgan fingerprint density at radius 3 is 2.85 bits per heavy atom. The molecule has 2 aromatic heterocycles. The molecule has 132 valence electrons. The highest BCUT2D eigenvalue weighted by molar-refractivity contribution is 5.94. The van der Waals surface area contributed by atoms with Gasteiger partial charge in [0.2, 0.25) is 0 Å². The Kier molecular flexibility index (Phi) is 4.30. The first kappa shape index (κ1) is 16.2. The van der Waals surface area contributed by atoms with Crippen LogP contribution >= 0.6 is 0 Å². The number of H-pyrrole nitrogens is 2. The van der Waals surface area contributed by atoms with Gasteiger partial charge in [-0.05, 0) is 18.9 Å². The Balaban J connectivity index is 1.55. The van der Waals surface area contributed by atoms with Gasteiger partial charge in [0.05, 0.1) is 17.5 Å². The molecule has 1 saturated heterocycles. The van der Waals surface area contributed by atoms with E-state index < -0.39 is 0 Å². The van der Waals surface area contributed by atoms with Crippen molar-refractivity contribution >= 4 is 5.91 Å². The molecule has 4 rings (SSSR count). The second kappa shape index (κ2) is 6.91. The molecule has 1 amide bonds. The van der Waals surface area contributed by atoms with Crippen LogP contribution in [0.2, 0.25) is 0 Å². The lowest BCUT2D eigenvalue weighted by molar-refractivity contribution is 0.0704. The zero-order chi connectivity index (χ0) is 17.9. The van der Waals surface area contributed by atoms with Gasteiger partial charge < -0.3 is 4.90 Å². The largest absolute Gasteiger partial charge is 0.340 e. The van der Waals surface area contributed by atoms with Crippen LogP contribution in [0.4, 0.5) is 0 Å². The highest BCUT2D eigenvalue weighted by atomic mass is 16.2. The number of rotatable bonds is 3. The van der Waals surface area contributed by atoms with E-state index in [0.29, 0.717) is 30.2 Å². The van der Waals surface area contributed by atoms with Gasteiger partial charge in [0, 0.05) is 24.6 Å². The van der Waals surface area contributed by atoms with E-state index in [1.54, 1.807) is 11.0 Å². The zero-order valence-corrected chi connectivity index (χ0v) is 14.1. The van der Waals surface area contributed by atoms with E-state index in [1.807, 2.05) is 30.3 Å². The summed E-state index contributed by atoms with van der Waals surface area (Å²) in [6.45, 7) is 1.19. The number of aromatic nitrogens is 5. The molecule has 0 aliphatic carbocycles. The van der Waals surface area contributed by atoms with Crippen molar-refractivity contribution in [1.82, 2.24) is 30.3 Å². The number of amides is 1. The zero-order valence-electron chi connectivity index (χ0n) is 14.1. The van der Waals surface area contributed by atoms with Crippen LogP contribution in [0, 0.1) is 0 Å². The van der Waals surface area contributed by atoms with E-state index in [9.17, 15) is 9.59 Å². The molecular weight excluding hydrogens is 332 g/mol. The normalized spacial score (nSPS) is 17.2. The second-order valence-electron chi connectivity index (χ2n) is 6.35. The van der Waals surface area contributed by atoms with Crippen LogP contribution in [-0.2, 0) is 0 Å². The number of nitrogens with zero attached hydrogens (tertiary/aromatic N) is 4. The predicted molar refractivity (Wildman–Crippen MR) is 94.6 cm³/mol. The van der Waals surface area contributed by atoms with Crippen LogP contribution in [0.5, 0.6) is 0 Å². The molecule has 3 aromatic rings. The third kappa shape index (κ3) is 3.26. The van der Waals surface area contributed by atoms with Crippen molar-refractivity contribution in [2.75, 3.05) is 13.1 Å². The fourth-order valence-corrected chi connectivity index (χ4v) is 3.28. The maximum Gasteiger partial charge on any atom is 0.340 e. The first-order chi connectivity index (χ1) is 12.7. The molecule has 1 aliphatic rings. The monoisotopic (exact) mass is 350 g/mol. The van der Waals surface area contributed by atoms with Gasteiger partial charge in [-0.3, -0.25) is 9.78 Å². The number of hydrogen-bond acceptors (Lipinski definition) is 5. The Hall–Kier alpha value is -3.29. The highest BCUT2D eigenvalue weighted by Crippen LogP contribution is 2.25. The van der Waals surface area contributed by atoms with Gasteiger partial charge in [0.25, 0.3) is 5.91 Å². The number of aromatic amines is 2. The summed E-state index contributed by atoms with van der Waals surface area (Å²) in [5.41, 5.74) is 1.77. The van der Waals surface area contributed by atoms with E-state index in [0.717, 1.165) is 18.4 Å². The van der Waals surface area contributed by atoms with Crippen molar-refractivity contribution in [3.05, 3.63) is 64.5 Å². The highest BCUT2D eigenvalue weighted by Gasteiger charge is 2.27. The van der Waals surface area contributed by atoms with Crippen molar-refractivity contribution in [3.8, 4) is 11.3 Å². The molecule has 8 nitrogen and oxygen atoms in total. The first-order valence-electron chi connectivity index (χ1n) is 8.53. The lowest BCUT2D eigenvalue weighted by Crippen LogP contribution is -2.39. The number of carbonyl (C=O) groups excluding carboxylic acids is 1. The number of nitrogens with one attached hydrogen (secondary N) is 2. The predicted octanol–water partition coefficient (Wildman–Crippen LogP) is 1.57. The standard InChI is InChI=1S/C18H18N6O2/c25-17(14-9-15(21-19-10-14)12-5-2-1-3-6-12)24-8-4-7-13(11-24)16-20-18(26)23-22-16/h1-3,5-6,9-10,13H,4,7-8,11H2,(H2,20,22,23,26). The molecule has 1 atom stereocenters. The summed E-state index contributed by atoms with van der Waals surface area (Å²) in [6, 6.07) is 11.4. The molecule has 26 heavy (non-hydrogen) atoms. The third-order valence-corrected chi connectivity index (χ3v) is 4.59. The van der Waals surface area contributed by atoms with Crippen molar-refractivity contribution in [2.24, 2.45) is 0 Å². The molecule has 2 N–H and O–H groups in total. The van der Waals surface area contributed by atoms with Gasteiger partial charge in [-0.2, -0.15) is 15.3 Å². The molecule has 3 heterocycles. The summed E-state index contributed by atoms with van der Waals surface area (Å²) in [6.07, 6.45) is 3.23. The molecule has 0 radical (unpaired) electrons. The lowest BCUT2D eigenvalue weighted by atomic mass is 9.97. The smallest absolute Gasteiger partial charge is 0.338 e. The minimum Gasteiger partial charge on any atom is -0.338 e. The first-order valence-corrected chi connectivity index (χ1v) is 8.53. The van der Waals surface area contributed by atoms with Crippen LogP contribution in [0.1, 0.15) is 34.9 Å². The molecule has 8 heteroatoms. The molecule has 1 fully saturated rings. The number of benzene rings is 1. The van der Waals surface area contributed by atoms with E-state index >= 15 is 0 Å². The van der Waals surface area contributed by atoms with Gasteiger partial charge in [-0.15, -0.1) is 0 Å². The van der Waals surface area contributed by atoms with Crippen molar-refractivity contribution in [1.29, 1.82) is 0 Å². The maximum atomic E-state index is 12.9. The quantitative estimate of drug-likeness (QED) is 0.745. The SMILES string of the molecule is O=C(c1cnnc(-c2ccccc2)c1)N1CCCC(c2n[nH]c(=O)[nH]2)C1. The van der Waals surface area contributed by atoms with E-state index in [1.165, 1.54) is 6.20 Å². The topological polar surface area (TPSA) is 108 Å². The Morgan fingerprint density at radius 2 is 2.08 bits per heavy atom. The summed E-state index contributed by atoms with van der Waals surface area (Å²) in [5, 5.41) is 14.5. The maximum absolute atomic E-state index is 12.9. The van der Waals surface area contributed by atoms with E-state index in [4.69, 9.17) is 0 Å². The Morgan fingerprint density at radius 1 is 1.23 bits per heavy atom. The number of likely N-dealkylation sites (tertiary alicyclic amines) is 1. The Bertz CT molecular complexity index is 965. The van der Waals surface area contributed by atoms with Crippen LogP contribution in [0.3, 0.4) is 0 Å². The number of hydrogen-bond donors (Lipinski definition) is 2. The fraction of sp³-hybridized carbons (Fsp3) is 0.278. The molecule has 0 bridgehead atoms. The van der Waals surface area contributed by atoms with Gasteiger partial charge in [0.1, 0.15) is 5.82 Å². The van der Waals surface area contributed by atoms with Gasteiger partial charge in [0.15, 0.2) is 0 Å². The fourth-order valence-electron chi connectivity index (χ4n) is 3.28. The molecular formula is C18H18N6O2. The molecule has 1 unspecified atom stereocenters. The third-order valence-electron chi connectivity index (χ3n) is 4.59. The Labute approximate surface area is 149 Å². The summed E-state index contributed by atoms with van der Waals surface area (Å²) in [5.74, 6) is 0.542. The van der Waals surface area contributed by atoms with Crippen LogP contribution in [0.25, 0.3) is 11.3 Å². The van der Waals surface area contributed by atoms with Gasteiger partial charge in [-0.1, -0.05) is 30.3 Å². The van der Waals surface area contributed by atoms with Crippen LogP contribution < -0.4 is 5.69 Å². The summed E-state index contributed by atoms with van der Waals surface area (Å²) < 4.78 is 0. The van der Waals surface area contributed by atoms with Crippen LogP contribution in [-0.4, -0.2) is 49.3 Å². The molecule has 0 saturated carbocycles. The second-order valence-corrected chi connectivity index (χ2v) is 6.35. The van der Waals surface area contributed by atoms with Crippen molar-refractivity contribution in [2.45, 2.75) is 18.8 Å². The summed E-state index contributed by atoms with van der Waals surface area (Å²) >= 11 is 0. The number of carbonyl (C=O) groups is 1. The van der Waals surface area contributed by atoms with Gasteiger partial charge >= 0.3 is 5.69 Å². The van der Waals surface area contributed by atoms with Crippen molar-refractivity contribution < 1.29 is 4.79 Å². The number of piperidine rings is 1. The van der Waals surface area contributed by atoms with Gasteiger partial charge in [-0.25, -0.2) is 9.89 Å². The van der Waals surface area contributed by atoms with Crippen LogP contribution in [0.15, 0.2) is 47.4 Å². The molecule has 1 aliphatic heterocycles. The average molecular weight is 350 g/mol.